The highest BCUT2D eigenvalue weighted by Crippen LogP contribution is 2.28. The second-order valence-electron chi connectivity index (χ2n) is 5.70. The number of halogens is 1. The summed E-state index contributed by atoms with van der Waals surface area (Å²) in [7, 11) is -13.9. The van der Waals surface area contributed by atoms with E-state index in [2.05, 4.69) is 20.9 Å². The summed E-state index contributed by atoms with van der Waals surface area (Å²) >= 11 is 3.05. The molecule has 2 rings (SSSR count). The quantitative estimate of drug-likeness (QED) is 0.146. The van der Waals surface area contributed by atoms with E-state index in [-0.39, 0.29) is 18.6 Å². The molecule has 1 aliphatic heterocycles. The normalized spacial score (nSPS) is 20.4. The number of aliphatic hydroxyl groups excluding tert-OH is 2. The minimum Gasteiger partial charge on any atom is -0.394 e. The van der Waals surface area contributed by atoms with E-state index < -0.39 is 53.2 Å². The van der Waals surface area contributed by atoms with E-state index in [4.69, 9.17) is 67.6 Å². The maximum atomic E-state index is 11.7. The average Bonchev–Trinajstić information content (AvgIpc) is 2.93. The summed E-state index contributed by atoms with van der Waals surface area (Å²) in [5.74, 6) is 0. The van der Waals surface area contributed by atoms with Gasteiger partial charge in [-0.1, -0.05) is 15.9 Å². The van der Waals surface area contributed by atoms with Gasteiger partial charge in [-0.25, -0.2) is 18.5 Å². The van der Waals surface area contributed by atoms with Gasteiger partial charge in [0, 0.05) is 12.6 Å². The first kappa shape index (κ1) is 35.3. The van der Waals surface area contributed by atoms with E-state index in [1.807, 2.05) is 0 Å². The van der Waals surface area contributed by atoms with Gasteiger partial charge in [-0.2, -0.15) is 0 Å². The van der Waals surface area contributed by atoms with Crippen LogP contribution in [0.15, 0.2) is 20.8 Å². The predicted octanol–water partition coefficient (Wildman–Crippen LogP) is -3.24. The van der Waals surface area contributed by atoms with E-state index in [0.717, 1.165) is 0 Å². The van der Waals surface area contributed by atoms with Gasteiger partial charge in [-0.05, 0) is 11.1 Å². The van der Waals surface area contributed by atoms with E-state index in [1.165, 1.54) is 21.8 Å². The van der Waals surface area contributed by atoms with Crippen molar-refractivity contribution < 1.29 is 72.7 Å². The third-order valence-corrected chi connectivity index (χ3v) is 3.20. The monoisotopic (exact) mass is 626 g/mol. The number of phosphoric acid groups is 3. The standard InChI is InChI=1S/C11H13BrN2O5.3H3O4P/c12-2-1-6-4-14(11(18)13-10(6)17)9-3-7(16)8(5-15)19-9;3*1-5(2,3)4/h1-2,4,7-9,15-16H,3,5H2,(H,13,17,18);3*(H3,1,2,3,4)/b2-1+;;;/t7-,8+,9+;;;/m0.../s1. The van der Waals surface area contributed by atoms with Gasteiger partial charge in [-0.15, -0.1) is 0 Å². The van der Waals surface area contributed by atoms with Gasteiger partial charge in [0.1, 0.15) is 12.3 Å². The Kier molecular flexibility index (Phi) is 15.8. The van der Waals surface area contributed by atoms with Gasteiger partial charge < -0.3 is 59.0 Å². The molecule has 200 valence electrons. The maximum absolute atomic E-state index is 11.7. The number of rotatable bonds is 3. The number of nitrogens with one attached hydrogen (secondary N) is 1. The lowest BCUT2D eigenvalue weighted by molar-refractivity contribution is -0.0459. The van der Waals surface area contributed by atoms with Gasteiger partial charge in [-0.3, -0.25) is 14.3 Å². The molecule has 0 amide bonds. The largest absolute Gasteiger partial charge is 0.466 e. The molecule has 1 aliphatic rings. The molecular formula is C11H22BrN2O17P3. The molecule has 23 heteroatoms. The number of nitrogens with zero attached hydrogens (tertiary/aromatic N) is 1. The second kappa shape index (κ2) is 15.3. The zero-order chi connectivity index (χ0) is 27.5. The molecule has 1 aromatic heterocycles. The summed E-state index contributed by atoms with van der Waals surface area (Å²) in [6.45, 7) is -0.329. The van der Waals surface area contributed by atoms with E-state index in [9.17, 15) is 14.7 Å². The second-order valence-corrected chi connectivity index (χ2v) is 9.31. The fraction of sp³-hybridized carbons (Fsp3) is 0.455. The Hall–Kier alpha value is -0.890. The molecule has 3 atom stereocenters. The molecule has 19 nitrogen and oxygen atoms in total. The molecule has 0 unspecified atom stereocenters. The van der Waals surface area contributed by atoms with Gasteiger partial charge in [0.25, 0.3) is 5.56 Å². The van der Waals surface area contributed by atoms with Crippen molar-refractivity contribution in [3.05, 3.63) is 37.6 Å². The van der Waals surface area contributed by atoms with Crippen molar-refractivity contribution in [3.8, 4) is 0 Å². The van der Waals surface area contributed by atoms with Crippen LogP contribution >= 0.6 is 39.4 Å². The van der Waals surface area contributed by atoms with E-state index in [1.54, 1.807) is 0 Å². The highest BCUT2D eigenvalue weighted by atomic mass is 79.9. The van der Waals surface area contributed by atoms with Crippen molar-refractivity contribution in [2.75, 3.05) is 6.61 Å². The Morgan fingerprint density at radius 1 is 1.00 bits per heavy atom. The molecule has 0 saturated carbocycles. The van der Waals surface area contributed by atoms with Crippen LogP contribution in [0.2, 0.25) is 0 Å². The minimum absolute atomic E-state index is 0.175. The van der Waals surface area contributed by atoms with Crippen molar-refractivity contribution in [2.24, 2.45) is 0 Å². The highest BCUT2D eigenvalue weighted by molar-refractivity contribution is 9.11. The number of H-pyrrole nitrogens is 1. The molecule has 0 aromatic carbocycles. The molecule has 12 N–H and O–H groups in total. The van der Waals surface area contributed by atoms with Crippen LogP contribution in [-0.2, 0) is 18.4 Å². The molecule has 1 saturated heterocycles. The van der Waals surface area contributed by atoms with E-state index >= 15 is 0 Å². The van der Waals surface area contributed by atoms with Crippen LogP contribution in [0, 0.1) is 0 Å². The van der Waals surface area contributed by atoms with Crippen LogP contribution in [-0.4, -0.2) is 82.6 Å². The van der Waals surface area contributed by atoms with Crippen LogP contribution in [0.25, 0.3) is 6.08 Å². The first-order valence-electron chi connectivity index (χ1n) is 7.98. The zero-order valence-electron chi connectivity index (χ0n) is 16.4. The zero-order valence-corrected chi connectivity index (χ0v) is 20.7. The van der Waals surface area contributed by atoms with Gasteiger partial charge in [0.2, 0.25) is 0 Å². The summed E-state index contributed by atoms with van der Waals surface area (Å²) in [6.07, 6.45) is 0.746. The third kappa shape index (κ3) is 21.6. The molecule has 0 radical (unpaired) electrons. The Bertz CT molecular complexity index is 966. The maximum Gasteiger partial charge on any atom is 0.466 e. The summed E-state index contributed by atoms with van der Waals surface area (Å²) in [5, 5.41) is 18.7. The average molecular weight is 627 g/mol. The Balaban J connectivity index is 0. The van der Waals surface area contributed by atoms with Gasteiger partial charge >= 0.3 is 29.2 Å². The van der Waals surface area contributed by atoms with Crippen molar-refractivity contribution in [3.63, 3.8) is 0 Å². The lowest BCUT2D eigenvalue weighted by atomic mass is 10.2. The Morgan fingerprint density at radius 2 is 1.41 bits per heavy atom. The van der Waals surface area contributed by atoms with Crippen LogP contribution in [0.5, 0.6) is 0 Å². The van der Waals surface area contributed by atoms with Crippen molar-refractivity contribution in [1.82, 2.24) is 9.55 Å². The molecule has 34 heavy (non-hydrogen) atoms. The topological polar surface area (TPSA) is 338 Å². The van der Waals surface area contributed by atoms with Gasteiger partial charge in [0.05, 0.1) is 18.3 Å². The number of aromatic nitrogens is 2. The van der Waals surface area contributed by atoms with Crippen molar-refractivity contribution >= 4 is 45.5 Å². The van der Waals surface area contributed by atoms with Crippen LogP contribution in [0.1, 0.15) is 18.2 Å². The summed E-state index contributed by atoms with van der Waals surface area (Å²) in [5.41, 5.74) is -0.844. The van der Waals surface area contributed by atoms with Crippen LogP contribution < -0.4 is 11.2 Å². The first-order chi connectivity index (χ1) is 15.1. The minimum atomic E-state index is -4.64. The number of aromatic amines is 1. The Labute approximate surface area is 197 Å². The molecule has 1 fully saturated rings. The smallest absolute Gasteiger partial charge is 0.394 e. The van der Waals surface area contributed by atoms with Crippen LogP contribution in [0.4, 0.5) is 0 Å². The third-order valence-electron chi connectivity index (χ3n) is 2.93. The van der Waals surface area contributed by atoms with Gasteiger partial charge in [0.15, 0.2) is 0 Å². The molecule has 0 bridgehead atoms. The summed E-state index contributed by atoms with van der Waals surface area (Å²) in [4.78, 5) is 91.6. The highest BCUT2D eigenvalue weighted by Gasteiger charge is 2.35. The fourth-order valence-corrected chi connectivity index (χ4v) is 2.24. The predicted molar refractivity (Wildman–Crippen MR) is 114 cm³/mol. The first-order valence-corrected chi connectivity index (χ1v) is 13.6. The van der Waals surface area contributed by atoms with Crippen LogP contribution in [0.3, 0.4) is 0 Å². The number of hydrogen-bond acceptors (Lipinski definition) is 8. The number of ether oxygens (including phenoxy) is 1. The lowest BCUT2D eigenvalue weighted by Crippen LogP contribution is -2.33. The lowest BCUT2D eigenvalue weighted by Gasteiger charge is -2.14. The molecule has 0 spiro atoms. The van der Waals surface area contributed by atoms with Crippen molar-refractivity contribution in [1.29, 1.82) is 0 Å². The number of aliphatic hydroxyl groups is 2. The fourth-order valence-electron chi connectivity index (χ4n) is 1.95. The van der Waals surface area contributed by atoms with Crippen molar-refractivity contribution in [2.45, 2.75) is 24.9 Å². The molecule has 2 heterocycles. The summed E-state index contributed by atoms with van der Waals surface area (Å²) in [6, 6.07) is 0. The summed E-state index contributed by atoms with van der Waals surface area (Å²) < 4.78 is 33.2. The SMILES string of the molecule is O=P(O)(O)O.O=P(O)(O)O.O=P(O)(O)O.O=c1[nH]c(=O)n([C@H]2C[C@H](O)[C@@H](CO)O2)cc1/C=C/Br. The van der Waals surface area contributed by atoms with E-state index in [0.29, 0.717) is 0 Å². The number of hydrogen-bond donors (Lipinski definition) is 12. The molecule has 0 aliphatic carbocycles. The molecule has 1 aromatic rings. The Morgan fingerprint density at radius 3 is 1.74 bits per heavy atom. The molecular weight excluding hydrogens is 605 g/mol.